The van der Waals surface area contributed by atoms with Crippen LogP contribution < -0.4 is 10.6 Å². The van der Waals surface area contributed by atoms with Crippen LogP contribution in [0, 0.1) is 0 Å². The number of halogens is 1. The molecule has 4 rings (SSSR count). The first-order valence-corrected chi connectivity index (χ1v) is 11.7. The second-order valence-electron chi connectivity index (χ2n) is 7.41. The molecule has 1 atom stereocenters. The maximum absolute atomic E-state index is 13.0. The minimum atomic E-state index is -1.07. The summed E-state index contributed by atoms with van der Waals surface area (Å²) in [5, 5.41) is 27.8. The third kappa shape index (κ3) is 6.37. The zero-order valence-corrected chi connectivity index (χ0v) is 20.0. The van der Waals surface area contributed by atoms with E-state index in [2.05, 4.69) is 31.1 Å². The highest BCUT2D eigenvalue weighted by Gasteiger charge is 2.22. The number of carbonyl (C=O) groups is 3. The molecule has 3 N–H and O–H groups in total. The number of carbonyl (C=O) groups excluding carboxylic acids is 2. The van der Waals surface area contributed by atoms with Gasteiger partial charge in [-0.3, -0.25) is 9.59 Å². The number of rotatable bonds is 9. The van der Waals surface area contributed by atoms with Gasteiger partial charge in [-0.25, -0.2) is 9.78 Å². The molecule has 2 amide bonds. The van der Waals surface area contributed by atoms with Crippen molar-refractivity contribution in [3.05, 3.63) is 87.6 Å². The van der Waals surface area contributed by atoms with Gasteiger partial charge in [0, 0.05) is 34.2 Å². The van der Waals surface area contributed by atoms with Crippen molar-refractivity contribution in [2.45, 2.75) is 12.5 Å². The Balaban J connectivity index is 1.50. The Morgan fingerprint density at radius 1 is 1.17 bits per heavy atom. The van der Waals surface area contributed by atoms with Gasteiger partial charge in [0.1, 0.15) is 12.4 Å². The topological polar surface area (TPSA) is 152 Å². The lowest BCUT2D eigenvalue weighted by Gasteiger charge is -2.17. The summed E-state index contributed by atoms with van der Waals surface area (Å²) in [6.45, 7) is 0. The average Bonchev–Trinajstić information content (AvgIpc) is 3.57. The number of nitrogens with zero attached hydrogens (tertiary/aromatic N) is 5. The van der Waals surface area contributed by atoms with Crippen LogP contribution in [0.4, 0.5) is 5.69 Å². The summed E-state index contributed by atoms with van der Waals surface area (Å²) < 4.78 is 1.43. The van der Waals surface area contributed by atoms with E-state index in [9.17, 15) is 14.4 Å². The van der Waals surface area contributed by atoms with E-state index in [1.165, 1.54) is 52.7 Å². The van der Waals surface area contributed by atoms with E-state index in [0.29, 0.717) is 27.7 Å². The van der Waals surface area contributed by atoms with Crippen molar-refractivity contribution in [3.63, 3.8) is 0 Å². The van der Waals surface area contributed by atoms with Gasteiger partial charge < -0.3 is 15.7 Å². The van der Waals surface area contributed by atoms with E-state index in [0.717, 1.165) is 0 Å². The Bertz CT molecular complexity index is 1390. The van der Waals surface area contributed by atoms with Gasteiger partial charge in [0.2, 0.25) is 11.8 Å². The van der Waals surface area contributed by atoms with E-state index in [-0.39, 0.29) is 12.0 Å². The number of benzene rings is 2. The van der Waals surface area contributed by atoms with Gasteiger partial charge in [-0.15, -0.1) is 16.4 Å². The normalized spacial score (nSPS) is 11.8. The quantitative estimate of drug-likeness (QED) is 0.283. The molecule has 0 aliphatic carbocycles. The molecule has 2 aromatic heterocycles. The summed E-state index contributed by atoms with van der Waals surface area (Å²) >= 11 is 7.49. The summed E-state index contributed by atoms with van der Waals surface area (Å²) in [5.74, 6) is -2.07. The van der Waals surface area contributed by atoms with Crippen LogP contribution in [0.2, 0.25) is 5.02 Å². The zero-order chi connectivity index (χ0) is 25.5. The molecule has 182 valence electrons. The molecule has 0 bridgehead atoms. The summed E-state index contributed by atoms with van der Waals surface area (Å²) in [6.07, 6.45) is 4.40. The molecule has 0 fully saturated rings. The minimum absolute atomic E-state index is 0.0903. The number of carboxylic acids is 1. The third-order valence-corrected chi connectivity index (χ3v) is 5.80. The first-order valence-electron chi connectivity index (χ1n) is 10.4. The Hall–Kier alpha value is -4.42. The molecule has 4 aromatic rings. The van der Waals surface area contributed by atoms with Crippen LogP contribution in [0.25, 0.3) is 11.8 Å². The molecule has 11 nitrogen and oxygen atoms in total. The fourth-order valence-electron chi connectivity index (χ4n) is 3.21. The number of hydrogen-bond donors (Lipinski definition) is 3. The van der Waals surface area contributed by atoms with E-state index in [1.54, 1.807) is 35.2 Å². The average molecular weight is 524 g/mol. The van der Waals surface area contributed by atoms with Gasteiger partial charge in [-0.05, 0) is 59.0 Å². The minimum Gasteiger partial charge on any atom is -0.478 e. The third-order valence-electron chi connectivity index (χ3n) is 4.93. The van der Waals surface area contributed by atoms with Gasteiger partial charge in [-0.1, -0.05) is 11.6 Å². The van der Waals surface area contributed by atoms with Crippen LogP contribution in [0.1, 0.15) is 21.6 Å². The van der Waals surface area contributed by atoms with Gasteiger partial charge in [-0.2, -0.15) is 4.68 Å². The molecule has 0 radical (unpaired) electrons. The van der Waals surface area contributed by atoms with Crippen molar-refractivity contribution in [2.75, 3.05) is 5.32 Å². The van der Waals surface area contributed by atoms with Crippen LogP contribution >= 0.6 is 22.9 Å². The van der Waals surface area contributed by atoms with Crippen LogP contribution in [-0.2, 0) is 16.0 Å². The van der Waals surface area contributed by atoms with Crippen LogP contribution in [0.3, 0.4) is 0 Å². The summed E-state index contributed by atoms with van der Waals surface area (Å²) in [4.78, 5) is 41.0. The molecule has 0 saturated heterocycles. The molecule has 0 aliphatic heterocycles. The predicted octanol–water partition coefficient (Wildman–Crippen LogP) is 2.85. The number of thiazole rings is 1. The summed E-state index contributed by atoms with van der Waals surface area (Å²) in [5.41, 5.74) is 3.95. The van der Waals surface area contributed by atoms with Crippen molar-refractivity contribution in [3.8, 4) is 5.69 Å². The second-order valence-corrected chi connectivity index (χ2v) is 8.56. The summed E-state index contributed by atoms with van der Waals surface area (Å²) in [6, 6.07) is 9.80. The molecule has 0 saturated carbocycles. The predicted molar refractivity (Wildman–Crippen MR) is 133 cm³/mol. The number of nitrogens with one attached hydrogen (secondary N) is 2. The molecule has 0 aliphatic rings. The Morgan fingerprint density at radius 2 is 1.97 bits per heavy atom. The lowest BCUT2D eigenvalue weighted by molar-refractivity contribution is -0.123. The molecule has 36 heavy (non-hydrogen) atoms. The molecule has 2 aromatic carbocycles. The van der Waals surface area contributed by atoms with Crippen molar-refractivity contribution in [1.29, 1.82) is 0 Å². The first kappa shape index (κ1) is 24.7. The van der Waals surface area contributed by atoms with Gasteiger partial charge >= 0.3 is 5.97 Å². The zero-order valence-electron chi connectivity index (χ0n) is 18.4. The van der Waals surface area contributed by atoms with Crippen molar-refractivity contribution < 1.29 is 19.5 Å². The molecular formula is C23H18ClN7O4S. The van der Waals surface area contributed by atoms with E-state index >= 15 is 0 Å². The smallest absolute Gasteiger partial charge is 0.335 e. The monoisotopic (exact) mass is 523 g/mol. The molecular weight excluding hydrogens is 506 g/mol. The highest BCUT2D eigenvalue weighted by molar-refractivity contribution is 7.07. The highest BCUT2D eigenvalue weighted by Crippen LogP contribution is 2.20. The largest absolute Gasteiger partial charge is 0.478 e. The highest BCUT2D eigenvalue weighted by atomic mass is 35.5. The number of aromatic carboxylic acids is 1. The van der Waals surface area contributed by atoms with E-state index in [1.807, 2.05) is 0 Å². The second kappa shape index (κ2) is 11.3. The molecule has 0 unspecified atom stereocenters. The van der Waals surface area contributed by atoms with E-state index in [4.69, 9.17) is 16.7 Å². The fraction of sp³-hybridized carbons (Fsp3) is 0.0870. The van der Waals surface area contributed by atoms with Crippen molar-refractivity contribution in [2.24, 2.45) is 0 Å². The summed E-state index contributed by atoms with van der Waals surface area (Å²) in [7, 11) is 0. The van der Waals surface area contributed by atoms with Gasteiger partial charge in [0.15, 0.2) is 0 Å². The SMILES string of the molecule is O=C(/C=C/c1cc(Cl)ccc1-n1cnnn1)N[C@@H](Cc1cscn1)C(=O)Nc1ccc(C(=O)O)cc1. The van der Waals surface area contributed by atoms with Crippen LogP contribution in [-0.4, -0.2) is 54.1 Å². The maximum atomic E-state index is 13.0. The van der Waals surface area contributed by atoms with Gasteiger partial charge in [0.05, 0.1) is 22.5 Å². The Labute approximate surface area is 213 Å². The number of amides is 2. The van der Waals surface area contributed by atoms with Crippen LogP contribution in [0.15, 0.2) is 65.8 Å². The standard InChI is InChI=1S/C23H18ClN7O4S/c24-16-4-7-20(31-12-26-29-30-31)15(9-16)3-8-21(32)28-19(10-18-11-36-13-25-18)22(33)27-17-5-1-14(2-6-17)23(34)35/h1-9,11-13,19H,10H2,(H,27,33)(H,28,32)(H,34,35)/b8-3+/t19-/m0/s1. The first-order chi connectivity index (χ1) is 17.4. The maximum Gasteiger partial charge on any atom is 0.335 e. The number of aromatic nitrogens is 5. The Morgan fingerprint density at radius 3 is 2.64 bits per heavy atom. The number of anilines is 1. The number of tetrazole rings is 1. The molecule has 0 spiro atoms. The number of carboxylic acid groups (broad SMARTS) is 1. The van der Waals surface area contributed by atoms with Gasteiger partial charge in [0.25, 0.3) is 0 Å². The lowest BCUT2D eigenvalue weighted by atomic mass is 10.1. The number of hydrogen-bond acceptors (Lipinski definition) is 8. The van der Waals surface area contributed by atoms with E-state index < -0.39 is 23.8 Å². The fourth-order valence-corrected chi connectivity index (χ4v) is 3.96. The van der Waals surface area contributed by atoms with Crippen molar-refractivity contribution >= 4 is 52.5 Å². The molecule has 13 heteroatoms. The molecule has 2 heterocycles. The van der Waals surface area contributed by atoms with Crippen LogP contribution in [0.5, 0.6) is 0 Å². The van der Waals surface area contributed by atoms with Crippen molar-refractivity contribution in [1.82, 2.24) is 30.5 Å². The Kier molecular flexibility index (Phi) is 7.78. The lowest BCUT2D eigenvalue weighted by Crippen LogP contribution is -2.44.